The molecule has 3 heteroatoms. The summed E-state index contributed by atoms with van der Waals surface area (Å²) in [7, 11) is 3.28. The molecule has 0 aliphatic carbocycles. The zero-order chi connectivity index (χ0) is 9.78. The Labute approximate surface area is 74.5 Å². The first-order valence-corrected chi connectivity index (χ1v) is 4.22. The van der Waals surface area contributed by atoms with Crippen molar-refractivity contribution in [2.45, 2.75) is 32.7 Å². The summed E-state index contributed by atoms with van der Waals surface area (Å²) in [6.45, 7) is 6.19. The van der Waals surface area contributed by atoms with Gasteiger partial charge in [-0.15, -0.1) is 0 Å². The van der Waals surface area contributed by atoms with Gasteiger partial charge in [0.15, 0.2) is 0 Å². The third kappa shape index (κ3) is 2.81. The molecule has 0 aromatic carbocycles. The van der Waals surface area contributed by atoms with Crippen molar-refractivity contribution in [1.29, 1.82) is 0 Å². The van der Waals surface area contributed by atoms with Crippen molar-refractivity contribution in [1.82, 2.24) is 5.32 Å². The van der Waals surface area contributed by atoms with E-state index in [0.29, 0.717) is 12.3 Å². The fraction of sp³-hybridized carbons (Fsp3) is 0.889. The number of ether oxygens (including phenoxy) is 1. The van der Waals surface area contributed by atoms with Crippen LogP contribution >= 0.6 is 0 Å². The van der Waals surface area contributed by atoms with Crippen LogP contribution in [0.5, 0.6) is 0 Å². The van der Waals surface area contributed by atoms with Crippen molar-refractivity contribution < 1.29 is 9.53 Å². The van der Waals surface area contributed by atoms with E-state index < -0.39 is 0 Å². The molecule has 1 unspecified atom stereocenters. The molecule has 0 heterocycles. The lowest BCUT2D eigenvalue weighted by molar-refractivity contribution is -0.142. The highest BCUT2D eigenvalue weighted by molar-refractivity contribution is 5.70. The van der Waals surface area contributed by atoms with Crippen LogP contribution in [0.4, 0.5) is 0 Å². The molecule has 0 radical (unpaired) electrons. The van der Waals surface area contributed by atoms with Crippen molar-refractivity contribution in [3.63, 3.8) is 0 Å². The quantitative estimate of drug-likeness (QED) is 0.649. The van der Waals surface area contributed by atoms with E-state index in [0.717, 1.165) is 0 Å². The van der Waals surface area contributed by atoms with Gasteiger partial charge in [-0.05, 0) is 19.9 Å². The molecule has 0 saturated carbocycles. The maximum absolute atomic E-state index is 11.0. The maximum Gasteiger partial charge on any atom is 0.307 e. The summed E-state index contributed by atoms with van der Waals surface area (Å²) in [5.74, 6) is 0.238. The molecule has 0 amide bonds. The van der Waals surface area contributed by atoms with Gasteiger partial charge in [0.2, 0.25) is 0 Å². The molecule has 0 rings (SSSR count). The average molecular weight is 173 g/mol. The van der Waals surface area contributed by atoms with Crippen LogP contribution in [0.3, 0.4) is 0 Å². The number of carbonyl (C=O) groups is 1. The molecule has 0 aromatic heterocycles. The number of rotatable bonds is 4. The summed E-state index contributed by atoms with van der Waals surface area (Å²) >= 11 is 0. The highest BCUT2D eigenvalue weighted by Crippen LogP contribution is 2.20. The van der Waals surface area contributed by atoms with Gasteiger partial charge in [0, 0.05) is 5.54 Å². The first-order valence-electron chi connectivity index (χ1n) is 4.22. The van der Waals surface area contributed by atoms with Crippen molar-refractivity contribution in [3.8, 4) is 0 Å². The number of esters is 1. The molecule has 0 saturated heterocycles. The minimum Gasteiger partial charge on any atom is -0.469 e. The van der Waals surface area contributed by atoms with Crippen molar-refractivity contribution in [3.05, 3.63) is 0 Å². The minimum absolute atomic E-state index is 0.160. The molecular formula is C9H19NO2. The highest BCUT2D eigenvalue weighted by Gasteiger charge is 2.29. The molecule has 1 N–H and O–H groups in total. The standard InChI is InChI=1S/C9H19NO2/c1-7(2)9(3,10-4)6-8(11)12-5/h7,10H,6H2,1-5H3. The fourth-order valence-electron chi connectivity index (χ4n) is 0.953. The zero-order valence-electron chi connectivity index (χ0n) is 8.60. The van der Waals surface area contributed by atoms with E-state index in [1.54, 1.807) is 0 Å². The van der Waals surface area contributed by atoms with Crippen LogP contribution in [0.2, 0.25) is 0 Å². The van der Waals surface area contributed by atoms with Crippen molar-refractivity contribution in [2.75, 3.05) is 14.2 Å². The molecule has 0 aliphatic heterocycles. The van der Waals surface area contributed by atoms with Gasteiger partial charge in [0.05, 0.1) is 13.5 Å². The van der Waals surface area contributed by atoms with E-state index in [9.17, 15) is 4.79 Å². The number of hydrogen-bond donors (Lipinski definition) is 1. The number of hydrogen-bond acceptors (Lipinski definition) is 3. The van der Waals surface area contributed by atoms with Crippen molar-refractivity contribution >= 4 is 5.97 Å². The molecule has 0 aromatic rings. The first kappa shape index (κ1) is 11.4. The van der Waals surface area contributed by atoms with E-state index in [4.69, 9.17) is 0 Å². The van der Waals surface area contributed by atoms with Gasteiger partial charge in [-0.25, -0.2) is 0 Å². The molecule has 0 aliphatic rings. The van der Waals surface area contributed by atoms with Crippen LogP contribution in [0.25, 0.3) is 0 Å². The first-order chi connectivity index (χ1) is 5.46. The lowest BCUT2D eigenvalue weighted by Crippen LogP contribution is -2.46. The second kappa shape index (κ2) is 4.45. The Balaban J connectivity index is 4.23. The predicted molar refractivity (Wildman–Crippen MR) is 48.9 cm³/mol. The largest absolute Gasteiger partial charge is 0.469 e. The highest BCUT2D eigenvalue weighted by atomic mass is 16.5. The minimum atomic E-state index is -0.166. The summed E-state index contributed by atoms with van der Waals surface area (Å²) < 4.78 is 4.62. The molecule has 1 atom stereocenters. The molecule has 12 heavy (non-hydrogen) atoms. The monoisotopic (exact) mass is 173 g/mol. The molecule has 72 valence electrons. The van der Waals surface area contributed by atoms with Crippen LogP contribution in [-0.4, -0.2) is 25.7 Å². The van der Waals surface area contributed by atoms with E-state index in [-0.39, 0.29) is 11.5 Å². The number of methoxy groups -OCH3 is 1. The number of nitrogens with one attached hydrogen (secondary N) is 1. The van der Waals surface area contributed by atoms with Crippen LogP contribution in [0.15, 0.2) is 0 Å². The Hall–Kier alpha value is -0.570. The normalized spacial score (nSPS) is 15.8. The van der Waals surface area contributed by atoms with Crippen molar-refractivity contribution in [2.24, 2.45) is 5.92 Å². The van der Waals surface area contributed by atoms with Gasteiger partial charge >= 0.3 is 5.97 Å². The molecule has 0 spiro atoms. The molecule has 3 nitrogen and oxygen atoms in total. The van der Waals surface area contributed by atoms with Gasteiger partial charge in [-0.2, -0.15) is 0 Å². The van der Waals surface area contributed by atoms with E-state index in [1.165, 1.54) is 7.11 Å². The molecule has 0 fully saturated rings. The van der Waals surface area contributed by atoms with E-state index in [2.05, 4.69) is 23.9 Å². The zero-order valence-corrected chi connectivity index (χ0v) is 8.60. The van der Waals surface area contributed by atoms with Crippen LogP contribution in [0.1, 0.15) is 27.2 Å². The lowest BCUT2D eigenvalue weighted by atomic mass is 9.85. The number of carbonyl (C=O) groups excluding carboxylic acids is 1. The average Bonchev–Trinajstić information content (AvgIpc) is 2.03. The summed E-state index contributed by atoms with van der Waals surface area (Å²) in [6, 6.07) is 0. The van der Waals surface area contributed by atoms with Crippen LogP contribution in [-0.2, 0) is 9.53 Å². The molecule has 0 bridgehead atoms. The summed E-state index contributed by atoms with van der Waals surface area (Å²) in [4.78, 5) is 11.0. The third-order valence-corrected chi connectivity index (χ3v) is 2.58. The Morgan fingerprint density at radius 2 is 2.08 bits per heavy atom. The molecular weight excluding hydrogens is 154 g/mol. The second-order valence-corrected chi connectivity index (χ2v) is 3.58. The SMILES string of the molecule is CNC(C)(CC(=O)OC)C(C)C. The van der Waals surface area contributed by atoms with E-state index >= 15 is 0 Å². The summed E-state index contributed by atoms with van der Waals surface area (Å²) in [5.41, 5.74) is -0.160. The van der Waals surface area contributed by atoms with E-state index in [1.807, 2.05) is 14.0 Å². The Morgan fingerprint density at radius 3 is 2.33 bits per heavy atom. The topological polar surface area (TPSA) is 38.3 Å². The van der Waals surface area contributed by atoms with Crippen LogP contribution < -0.4 is 5.32 Å². The third-order valence-electron chi connectivity index (χ3n) is 2.58. The summed E-state index contributed by atoms with van der Waals surface area (Å²) in [6.07, 6.45) is 0.414. The predicted octanol–water partition coefficient (Wildman–Crippen LogP) is 1.18. The van der Waals surface area contributed by atoms with Gasteiger partial charge in [-0.3, -0.25) is 4.79 Å². The van der Waals surface area contributed by atoms with Gasteiger partial charge < -0.3 is 10.1 Å². The Kier molecular flexibility index (Phi) is 4.24. The van der Waals surface area contributed by atoms with Gasteiger partial charge in [0.25, 0.3) is 0 Å². The van der Waals surface area contributed by atoms with Gasteiger partial charge in [0.1, 0.15) is 0 Å². The Morgan fingerprint density at radius 1 is 1.58 bits per heavy atom. The Bertz CT molecular complexity index is 157. The lowest BCUT2D eigenvalue weighted by Gasteiger charge is -2.32. The fourth-order valence-corrected chi connectivity index (χ4v) is 0.953. The van der Waals surface area contributed by atoms with Gasteiger partial charge in [-0.1, -0.05) is 13.8 Å². The summed E-state index contributed by atoms with van der Waals surface area (Å²) in [5, 5.41) is 3.14. The second-order valence-electron chi connectivity index (χ2n) is 3.58. The smallest absolute Gasteiger partial charge is 0.307 e. The van der Waals surface area contributed by atoms with Crippen LogP contribution in [0, 0.1) is 5.92 Å². The maximum atomic E-state index is 11.0.